The highest BCUT2D eigenvalue weighted by atomic mass is 15.1. The van der Waals surface area contributed by atoms with Gasteiger partial charge in [-0.2, -0.15) is 0 Å². The highest BCUT2D eigenvalue weighted by Gasteiger charge is 2.14. The molecule has 14 heavy (non-hydrogen) atoms. The molecule has 1 aromatic rings. The molecule has 0 atom stereocenters. The predicted molar refractivity (Wildman–Crippen MR) is 59.5 cm³/mol. The Morgan fingerprint density at radius 2 is 2.29 bits per heavy atom. The van der Waals surface area contributed by atoms with Crippen LogP contribution in [0.3, 0.4) is 0 Å². The third-order valence-corrected chi connectivity index (χ3v) is 2.71. The van der Waals surface area contributed by atoms with E-state index in [2.05, 4.69) is 41.8 Å². The second kappa shape index (κ2) is 4.58. The van der Waals surface area contributed by atoms with Crippen molar-refractivity contribution in [3.63, 3.8) is 0 Å². The molecule has 0 unspecified atom stereocenters. The number of aryl methyl sites for hydroxylation is 1. The summed E-state index contributed by atoms with van der Waals surface area (Å²) in [5, 5.41) is 6.78. The zero-order valence-electron chi connectivity index (χ0n) is 8.72. The van der Waals surface area contributed by atoms with Crippen LogP contribution in [-0.2, 0) is 6.42 Å². The first-order chi connectivity index (χ1) is 6.84. The molecule has 0 aliphatic carbocycles. The van der Waals surface area contributed by atoms with Crippen molar-refractivity contribution in [3.05, 3.63) is 35.4 Å². The van der Waals surface area contributed by atoms with E-state index in [1.165, 1.54) is 11.1 Å². The summed E-state index contributed by atoms with van der Waals surface area (Å²) in [7, 11) is 0. The Labute approximate surface area is 85.7 Å². The van der Waals surface area contributed by atoms with Gasteiger partial charge in [-0.3, -0.25) is 0 Å². The van der Waals surface area contributed by atoms with Gasteiger partial charge in [-0.1, -0.05) is 29.8 Å². The van der Waals surface area contributed by atoms with Gasteiger partial charge in [-0.15, -0.1) is 0 Å². The normalized spacial score (nSPS) is 16.6. The van der Waals surface area contributed by atoms with Crippen molar-refractivity contribution in [2.24, 2.45) is 0 Å². The van der Waals surface area contributed by atoms with E-state index in [1.54, 1.807) is 0 Å². The van der Waals surface area contributed by atoms with Crippen LogP contribution < -0.4 is 10.6 Å². The third-order valence-electron chi connectivity index (χ3n) is 2.71. The maximum atomic E-state index is 3.52. The lowest BCUT2D eigenvalue weighted by molar-refractivity contribution is 0.369. The van der Waals surface area contributed by atoms with Gasteiger partial charge in [0.25, 0.3) is 0 Å². The number of nitrogens with one attached hydrogen (secondary N) is 2. The van der Waals surface area contributed by atoms with Gasteiger partial charge in [0.05, 0.1) is 0 Å². The smallest absolute Gasteiger partial charge is 0.0317 e. The minimum absolute atomic E-state index is 0.708. The number of benzene rings is 1. The largest absolute Gasteiger partial charge is 0.314 e. The van der Waals surface area contributed by atoms with E-state index in [1.807, 2.05) is 0 Å². The van der Waals surface area contributed by atoms with Crippen LogP contribution in [0.15, 0.2) is 24.3 Å². The summed E-state index contributed by atoms with van der Waals surface area (Å²) in [5.41, 5.74) is 2.79. The standard InChI is InChI=1S/C12H18N2/c1-10-3-2-4-11(7-10)5-6-14-12-8-13-9-12/h2-4,7,12-14H,5-6,8-9H2,1H3. The van der Waals surface area contributed by atoms with Crippen LogP contribution in [-0.4, -0.2) is 25.7 Å². The Kier molecular flexibility index (Phi) is 3.17. The molecule has 1 fully saturated rings. The highest BCUT2D eigenvalue weighted by Crippen LogP contribution is 2.04. The van der Waals surface area contributed by atoms with E-state index < -0.39 is 0 Å². The van der Waals surface area contributed by atoms with Gasteiger partial charge in [-0.05, 0) is 25.5 Å². The van der Waals surface area contributed by atoms with Crippen molar-refractivity contribution < 1.29 is 0 Å². The summed E-state index contributed by atoms with van der Waals surface area (Å²) >= 11 is 0. The molecule has 2 N–H and O–H groups in total. The van der Waals surface area contributed by atoms with Crippen molar-refractivity contribution in [2.45, 2.75) is 19.4 Å². The summed E-state index contributed by atoms with van der Waals surface area (Å²) in [6.07, 6.45) is 1.14. The molecule has 76 valence electrons. The summed E-state index contributed by atoms with van der Waals surface area (Å²) in [4.78, 5) is 0. The van der Waals surface area contributed by atoms with Gasteiger partial charge in [0.15, 0.2) is 0 Å². The molecule has 0 bridgehead atoms. The van der Waals surface area contributed by atoms with Crippen molar-refractivity contribution in [2.75, 3.05) is 19.6 Å². The Balaban J connectivity index is 1.74. The Hall–Kier alpha value is -0.860. The second-order valence-electron chi connectivity index (χ2n) is 4.05. The number of rotatable bonds is 4. The van der Waals surface area contributed by atoms with E-state index in [0.717, 1.165) is 26.1 Å². The quantitative estimate of drug-likeness (QED) is 0.743. The SMILES string of the molecule is Cc1cccc(CCNC2CNC2)c1. The van der Waals surface area contributed by atoms with Crippen molar-refractivity contribution in [1.29, 1.82) is 0 Å². The van der Waals surface area contributed by atoms with Gasteiger partial charge in [0, 0.05) is 19.1 Å². The number of hydrogen-bond acceptors (Lipinski definition) is 2. The van der Waals surface area contributed by atoms with E-state index in [4.69, 9.17) is 0 Å². The predicted octanol–water partition coefficient (Wildman–Crippen LogP) is 1.10. The Morgan fingerprint density at radius 3 is 2.93 bits per heavy atom. The lowest BCUT2D eigenvalue weighted by Gasteiger charge is -2.28. The minimum atomic E-state index is 0.708. The maximum Gasteiger partial charge on any atom is 0.0317 e. The fourth-order valence-electron chi connectivity index (χ4n) is 1.72. The zero-order chi connectivity index (χ0) is 9.80. The number of hydrogen-bond donors (Lipinski definition) is 2. The molecule has 1 aliphatic heterocycles. The molecule has 2 rings (SSSR count). The molecule has 1 aromatic carbocycles. The molecule has 1 saturated heterocycles. The molecular formula is C12H18N2. The van der Waals surface area contributed by atoms with Gasteiger partial charge in [0.2, 0.25) is 0 Å². The van der Waals surface area contributed by atoms with Crippen molar-refractivity contribution in [3.8, 4) is 0 Å². The third kappa shape index (κ3) is 2.56. The molecular weight excluding hydrogens is 172 g/mol. The molecule has 0 amide bonds. The molecule has 0 saturated carbocycles. The maximum absolute atomic E-state index is 3.52. The first kappa shape index (κ1) is 9.69. The molecule has 0 radical (unpaired) electrons. The van der Waals surface area contributed by atoms with Crippen molar-refractivity contribution in [1.82, 2.24) is 10.6 Å². The summed E-state index contributed by atoms with van der Waals surface area (Å²) in [6.45, 7) is 5.50. The summed E-state index contributed by atoms with van der Waals surface area (Å²) in [6, 6.07) is 9.45. The molecule has 2 nitrogen and oxygen atoms in total. The van der Waals surface area contributed by atoms with Crippen molar-refractivity contribution >= 4 is 0 Å². The van der Waals surface area contributed by atoms with Gasteiger partial charge >= 0.3 is 0 Å². The van der Waals surface area contributed by atoms with Crippen LogP contribution >= 0.6 is 0 Å². The molecule has 1 heterocycles. The first-order valence-corrected chi connectivity index (χ1v) is 5.34. The van der Waals surface area contributed by atoms with E-state index in [0.29, 0.717) is 6.04 Å². The monoisotopic (exact) mass is 190 g/mol. The molecule has 2 heteroatoms. The van der Waals surface area contributed by atoms with Crippen LogP contribution in [0.4, 0.5) is 0 Å². The van der Waals surface area contributed by atoms with Gasteiger partial charge in [0.1, 0.15) is 0 Å². The lowest BCUT2D eigenvalue weighted by Crippen LogP contribution is -2.55. The van der Waals surface area contributed by atoms with E-state index in [-0.39, 0.29) is 0 Å². The second-order valence-corrected chi connectivity index (χ2v) is 4.05. The summed E-state index contributed by atoms with van der Waals surface area (Å²) in [5.74, 6) is 0. The lowest BCUT2D eigenvalue weighted by atomic mass is 10.1. The van der Waals surface area contributed by atoms with Crippen LogP contribution in [0, 0.1) is 6.92 Å². The van der Waals surface area contributed by atoms with Gasteiger partial charge in [-0.25, -0.2) is 0 Å². The average Bonchev–Trinajstić information content (AvgIpc) is 2.09. The van der Waals surface area contributed by atoms with Crippen LogP contribution in [0.5, 0.6) is 0 Å². The zero-order valence-corrected chi connectivity index (χ0v) is 8.72. The van der Waals surface area contributed by atoms with E-state index >= 15 is 0 Å². The Bertz CT molecular complexity index is 292. The highest BCUT2D eigenvalue weighted by molar-refractivity contribution is 5.22. The van der Waals surface area contributed by atoms with E-state index in [9.17, 15) is 0 Å². The topological polar surface area (TPSA) is 24.1 Å². The van der Waals surface area contributed by atoms with Gasteiger partial charge < -0.3 is 10.6 Å². The summed E-state index contributed by atoms with van der Waals surface area (Å²) < 4.78 is 0. The fourth-order valence-corrected chi connectivity index (χ4v) is 1.72. The molecule has 0 spiro atoms. The van der Waals surface area contributed by atoms with Crippen LogP contribution in [0.2, 0.25) is 0 Å². The average molecular weight is 190 g/mol. The molecule has 1 aliphatic rings. The van der Waals surface area contributed by atoms with Crippen LogP contribution in [0.25, 0.3) is 0 Å². The first-order valence-electron chi connectivity index (χ1n) is 5.34. The minimum Gasteiger partial charge on any atom is -0.314 e. The Morgan fingerprint density at radius 1 is 1.43 bits per heavy atom. The molecule has 0 aromatic heterocycles. The van der Waals surface area contributed by atoms with Crippen LogP contribution in [0.1, 0.15) is 11.1 Å². The fraction of sp³-hybridized carbons (Fsp3) is 0.500.